The first kappa shape index (κ1) is 29.0. The number of rotatable bonds is 6. The number of carbonyl (C=O) groups excluding carboxylic acids is 3. The maximum absolute atomic E-state index is 14.8. The van der Waals surface area contributed by atoms with E-state index in [2.05, 4.69) is 0 Å². The Hall–Kier alpha value is -3.07. The van der Waals surface area contributed by atoms with Gasteiger partial charge in [0.25, 0.3) is 5.91 Å². The fraction of sp³-hybridized carbons (Fsp3) is 0.424. The lowest BCUT2D eigenvalue weighted by atomic mass is 9.78. The summed E-state index contributed by atoms with van der Waals surface area (Å²) in [7, 11) is 0. The summed E-state index contributed by atoms with van der Waals surface area (Å²) in [5.74, 6) is -1.83. The van der Waals surface area contributed by atoms with Gasteiger partial charge < -0.3 is 19.8 Å². The number of likely N-dealkylation sites (tertiary alicyclic amines) is 1. The third-order valence-electron chi connectivity index (χ3n) is 8.97. The number of hydrogen-bond donors (Lipinski definition) is 1. The summed E-state index contributed by atoms with van der Waals surface area (Å²) in [4.78, 5) is 48.9. The molecule has 4 heterocycles. The van der Waals surface area contributed by atoms with E-state index in [4.69, 9.17) is 11.6 Å². The molecule has 2 saturated heterocycles. The normalized spacial score (nSPS) is 29.5. The minimum atomic E-state index is -0.975. The van der Waals surface area contributed by atoms with Gasteiger partial charge in [0.2, 0.25) is 11.8 Å². The third-order valence-corrected chi connectivity index (χ3v) is 11.0. The second-order valence-electron chi connectivity index (χ2n) is 12.0. The second kappa shape index (κ2) is 11.2. The number of hydrogen-bond acceptors (Lipinski definition) is 5. The van der Waals surface area contributed by atoms with E-state index in [0.29, 0.717) is 30.2 Å². The smallest absolute Gasteiger partial charge is 0.251 e. The van der Waals surface area contributed by atoms with Crippen molar-refractivity contribution in [1.82, 2.24) is 4.90 Å². The molecule has 4 aliphatic rings. The summed E-state index contributed by atoms with van der Waals surface area (Å²) in [6, 6.07) is 13.6. The molecule has 0 saturated carbocycles. The molecule has 6 rings (SSSR count). The standard InChI is InChI=1S/C33H36ClN3O4S/c1-20(2)18-23(19-38)37-29-32(41)36(28-21(3)10-7-13-24(28)34)17-9-15-33(29)27(31(37)40)26-25(42-33)14-8-16-35(30(26)39)22-11-5-4-6-12-22/h4-15,20,23,25-27,29,38H,16-19H2,1-3H3/t23-,25-,26+,27+,29?,33+/m1/s1. The molecule has 2 aromatic carbocycles. The Labute approximate surface area is 256 Å². The molecule has 2 aromatic rings. The second-order valence-corrected chi connectivity index (χ2v) is 13.9. The quantitative estimate of drug-likeness (QED) is 0.476. The van der Waals surface area contributed by atoms with Crippen molar-refractivity contribution >= 4 is 52.5 Å². The third kappa shape index (κ3) is 4.50. The topological polar surface area (TPSA) is 81.2 Å². The number of fused-ring (bicyclic) bond motifs is 2. The van der Waals surface area contributed by atoms with E-state index in [1.807, 2.05) is 87.5 Å². The van der Waals surface area contributed by atoms with E-state index in [-0.39, 0.29) is 35.5 Å². The Balaban J connectivity index is 1.49. The van der Waals surface area contributed by atoms with Gasteiger partial charge in [-0.2, -0.15) is 0 Å². The van der Waals surface area contributed by atoms with Gasteiger partial charge in [-0.3, -0.25) is 14.4 Å². The zero-order valence-corrected chi connectivity index (χ0v) is 25.6. The lowest BCUT2D eigenvalue weighted by molar-refractivity contribution is -0.142. The van der Waals surface area contributed by atoms with E-state index in [9.17, 15) is 19.5 Å². The molecular formula is C33H36ClN3O4S. The first-order chi connectivity index (χ1) is 20.2. The van der Waals surface area contributed by atoms with Crippen LogP contribution in [0.3, 0.4) is 0 Å². The summed E-state index contributed by atoms with van der Waals surface area (Å²) >= 11 is 8.21. The van der Waals surface area contributed by atoms with Crippen LogP contribution in [0.15, 0.2) is 72.8 Å². The van der Waals surface area contributed by atoms with Gasteiger partial charge in [-0.1, -0.05) is 80.1 Å². The molecule has 1 unspecified atom stereocenters. The van der Waals surface area contributed by atoms with E-state index in [0.717, 1.165) is 11.3 Å². The van der Waals surface area contributed by atoms with Crippen LogP contribution in [-0.2, 0) is 14.4 Å². The van der Waals surface area contributed by atoms with Crippen LogP contribution in [0, 0.1) is 24.7 Å². The lowest BCUT2D eigenvalue weighted by Crippen LogP contribution is -2.57. The number of aliphatic hydroxyl groups is 1. The van der Waals surface area contributed by atoms with Crippen LogP contribution in [-0.4, -0.2) is 69.5 Å². The van der Waals surface area contributed by atoms with Crippen molar-refractivity contribution in [3.8, 4) is 0 Å². The van der Waals surface area contributed by atoms with Crippen LogP contribution in [0.25, 0.3) is 0 Å². The highest BCUT2D eigenvalue weighted by Gasteiger charge is 2.72. The average Bonchev–Trinajstić information content (AvgIpc) is 3.28. The first-order valence-electron chi connectivity index (χ1n) is 14.6. The molecule has 3 amide bonds. The molecule has 0 aliphatic carbocycles. The monoisotopic (exact) mass is 605 g/mol. The van der Waals surface area contributed by atoms with Gasteiger partial charge in [0.05, 0.1) is 39.9 Å². The molecule has 6 atom stereocenters. The summed E-state index contributed by atoms with van der Waals surface area (Å²) in [5.41, 5.74) is 2.25. The summed E-state index contributed by atoms with van der Waals surface area (Å²) < 4.78 is -0.975. The fourth-order valence-electron chi connectivity index (χ4n) is 7.30. The molecule has 0 aromatic heterocycles. The lowest BCUT2D eigenvalue weighted by Gasteiger charge is -2.39. The molecule has 0 bridgehead atoms. The number of carbonyl (C=O) groups is 3. The predicted molar refractivity (Wildman–Crippen MR) is 168 cm³/mol. The van der Waals surface area contributed by atoms with Crippen LogP contribution >= 0.6 is 23.4 Å². The molecule has 220 valence electrons. The summed E-state index contributed by atoms with van der Waals surface area (Å²) in [5, 5.41) is 10.8. The van der Waals surface area contributed by atoms with Crippen LogP contribution < -0.4 is 9.80 Å². The molecule has 2 fully saturated rings. The number of benzene rings is 2. The van der Waals surface area contributed by atoms with E-state index in [1.165, 1.54) is 0 Å². The highest BCUT2D eigenvalue weighted by atomic mass is 35.5. The molecule has 1 spiro atoms. The fourth-order valence-corrected chi connectivity index (χ4v) is 9.61. The van der Waals surface area contributed by atoms with Crippen LogP contribution in [0.5, 0.6) is 0 Å². The summed E-state index contributed by atoms with van der Waals surface area (Å²) in [6.45, 7) is 6.43. The molecule has 4 aliphatic heterocycles. The van der Waals surface area contributed by atoms with Crippen molar-refractivity contribution in [2.45, 2.75) is 49.3 Å². The summed E-state index contributed by atoms with van der Waals surface area (Å²) in [6.07, 6.45) is 8.51. The Kier molecular flexibility index (Phi) is 7.75. The molecule has 9 heteroatoms. The minimum absolute atomic E-state index is 0.118. The number of aliphatic hydroxyl groups excluding tert-OH is 1. The molecular weight excluding hydrogens is 570 g/mol. The van der Waals surface area contributed by atoms with Crippen LogP contribution in [0.2, 0.25) is 5.02 Å². The van der Waals surface area contributed by atoms with Crippen molar-refractivity contribution in [3.05, 3.63) is 83.4 Å². The minimum Gasteiger partial charge on any atom is -0.394 e. The van der Waals surface area contributed by atoms with E-state index >= 15 is 0 Å². The van der Waals surface area contributed by atoms with Gasteiger partial charge in [0, 0.05) is 24.0 Å². The van der Waals surface area contributed by atoms with E-state index < -0.39 is 28.7 Å². The Morgan fingerprint density at radius 3 is 2.40 bits per heavy atom. The van der Waals surface area contributed by atoms with Crippen LogP contribution in [0.1, 0.15) is 25.8 Å². The van der Waals surface area contributed by atoms with Gasteiger partial charge in [-0.15, -0.1) is 11.8 Å². The Bertz CT molecular complexity index is 1440. The number of nitrogens with zero attached hydrogens (tertiary/aromatic N) is 3. The Morgan fingerprint density at radius 2 is 1.71 bits per heavy atom. The number of anilines is 2. The number of aryl methyl sites for hydroxylation is 1. The van der Waals surface area contributed by atoms with Crippen molar-refractivity contribution in [2.24, 2.45) is 17.8 Å². The highest BCUT2D eigenvalue weighted by Crippen LogP contribution is 2.61. The number of thioether (sulfide) groups is 1. The largest absolute Gasteiger partial charge is 0.394 e. The van der Waals surface area contributed by atoms with Crippen molar-refractivity contribution in [3.63, 3.8) is 0 Å². The Morgan fingerprint density at radius 1 is 0.976 bits per heavy atom. The van der Waals surface area contributed by atoms with Gasteiger partial charge in [-0.25, -0.2) is 0 Å². The molecule has 42 heavy (non-hydrogen) atoms. The number of amides is 3. The molecule has 1 N–H and O–H groups in total. The average molecular weight is 606 g/mol. The van der Waals surface area contributed by atoms with Gasteiger partial charge in [0.15, 0.2) is 0 Å². The molecule has 0 radical (unpaired) electrons. The SMILES string of the molecule is Cc1cccc(Cl)c1N1CC=C[C@]23S[C@@H]4C=CCN(c5ccccc5)C(=O)[C@@H]4[C@H]2C(=O)N([C@@H](CO)CC(C)C)C3C1=O. The van der Waals surface area contributed by atoms with Crippen molar-refractivity contribution < 1.29 is 19.5 Å². The maximum atomic E-state index is 14.8. The predicted octanol–water partition coefficient (Wildman–Crippen LogP) is 4.86. The van der Waals surface area contributed by atoms with E-state index in [1.54, 1.807) is 32.5 Å². The van der Waals surface area contributed by atoms with Gasteiger partial charge in [-0.05, 0) is 43.0 Å². The van der Waals surface area contributed by atoms with Gasteiger partial charge >= 0.3 is 0 Å². The van der Waals surface area contributed by atoms with Crippen LogP contribution in [0.4, 0.5) is 11.4 Å². The number of para-hydroxylation sites is 2. The van der Waals surface area contributed by atoms with Crippen molar-refractivity contribution in [2.75, 3.05) is 29.5 Å². The first-order valence-corrected chi connectivity index (χ1v) is 15.8. The zero-order chi connectivity index (χ0) is 29.8. The van der Waals surface area contributed by atoms with Crippen molar-refractivity contribution in [1.29, 1.82) is 0 Å². The maximum Gasteiger partial charge on any atom is 0.251 e. The number of halogens is 1. The highest BCUT2D eigenvalue weighted by molar-refractivity contribution is 8.02. The zero-order valence-electron chi connectivity index (χ0n) is 24.0. The molecule has 7 nitrogen and oxygen atoms in total. The van der Waals surface area contributed by atoms with Gasteiger partial charge in [0.1, 0.15) is 6.04 Å².